The molecule has 0 spiro atoms. The molecule has 0 radical (unpaired) electrons. The lowest BCUT2D eigenvalue weighted by Gasteiger charge is -2.25. The van der Waals surface area contributed by atoms with E-state index in [2.05, 4.69) is 0 Å². The molecule has 0 atom stereocenters. The van der Waals surface area contributed by atoms with Crippen LogP contribution in [0.5, 0.6) is 0 Å². The van der Waals surface area contributed by atoms with Gasteiger partial charge in [-0.05, 0) is 18.2 Å². The zero-order chi connectivity index (χ0) is 14.1. The van der Waals surface area contributed by atoms with Gasteiger partial charge in [0.1, 0.15) is 0 Å². The van der Waals surface area contributed by atoms with Crippen molar-refractivity contribution < 1.29 is 19.2 Å². The van der Waals surface area contributed by atoms with Crippen molar-refractivity contribution in [1.82, 2.24) is 9.96 Å². The maximum atomic E-state index is 12.0. The standard InChI is InChI=1S/C14H12N2O4/c17-12-4-5-13(18)16(12)20-14(19)10-6-8-15-7-2-1-3-11(15)9-10/h1-3,6,8-9H,4-5,7H2. The second-order valence-corrected chi connectivity index (χ2v) is 4.55. The van der Waals surface area contributed by atoms with Crippen molar-refractivity contribution in [3.05, 3.63) is 47.9 Å². The Balaban J connectivity index is 1.75. The fourth-order valence-electron chi connectivity index (χ4n) is 2.12. The first-order chi connectivity index (χ1) is 9.65. The number of imide groups is 1. The smallest absolute Gasteiger partial charge is 0.344 e. The first-order valence-electron chi connectivity index (χ1n) is 6.26. The number of hydroxylamine groups is 2. The van der Waals surface area contributed by atoms with Crippen LogP contribution in [0.15, 0.2) is 47.9 Å². The minimum absolute atomic E-state index is 0.0880. The highest BCUT2D eigenvalue weighted by Crippen LogP contribution is 2.21. The van der Waals surface area contributed by atoms with Crippen LogP contribution in [0.2, 0.25) is 0 Å². The van der Waals surface area contributed by atoms with E-state index in [9.17, 15) is 14.4 Å². The number of carbonyl (C=O) groups excluding carboxylic acids is 3. The number of nitrogens with zero attached hydrogens (tertiary/aromatic N) is 2. The summed E-state index contributed by atoms with van der Waals surface area (Å²) in [5, 5.41) is 0.554. The highest BCUT2D eigenvalue weighted by Gasteiger charge is 2.33. The summed E-state index contributed by atoms with van der Waals surface area (Å²) in [5.41, 5.74) is 1.16. The highest BCUT2D eigenvalue weighted by molar-refractivity contribution is 6.03. The summed E-state index contributed by atoms with van der Waals surface area (Å²) in [6.07, 6.45) is 11.0. The quantitative estimate of drug-likeness (QED) is 0.696. The SMILES string of the molecule is O=C(ON1C(=O)CCC1=O)C1=CC2=CC=CCN2C=C1. The topological polar surface area (TPSA) is 66.9 Å². The van der Waals surface area contributed by atoms with Gasteiger partial charge in [-0.2, -0.15) is 0 Å². The van der Waals surface area contributed by atoms with Crippen molar-refractivity contribution >= 4 is 17.8 Å². The molecule has 3 aliphatic heterocycles. The van der Waals surface area contributed by atoms with Crippen molar-refractivity contribution in [2.45, 2.75) is 12.8 Å². The number of carbonyl (C=O) groups is 3. The molecule has 0 aliphatic carbocycles. The molecule has 20 heavy (non-hydrogen) atoms. The van der Waals surface area contributed by atoms with Gasteiger partial charge in [-0.1, -0.05) is 12.2 Å². The van der Waals surface area contributed by atoms with E-state index < -0.39 is 17.8 Å². The van der Waals surface area contributed by atoms with Crippen LogP contribution in [0, 0.1) is 0 Å². The normalized spacial score (nSPS) is 20.8. The lowest BCUT2D eigenvalue weighted by molar-refractivity contribution is -0.194. The summed E-state index contributed by atoms with van der Waals surface area (Å²) < 4.78 is 0. The van der Waals surface area contributed by atoms with E-state index in [1.165, 1.54) is 0 Å². The van der Waals surface area contributed by atoms with Gasteiger partial charge in [-0.15, -0.1) is 5.06 Å². The molecule has 0 unspecified atom stereocenters. The van der Waals surface area contributed by atoms with Crippen LogP contribution < -0.4 is 0 Å². The average Bonchev–Trinajstić information content (AvgIpc) is 2.78. The Bertz CT molecular complexity index is 597. The largest absolute Gasteiger partial charge is 0.364 e. The molecule has 1 saturated heterocycles. The number of rotatable bonds is 2. The number of allylic oxidation sites excluding steroid dienone is 3. The molecule has 102 valence electrons. The minimum atomic E-state index is -0.708. The van der Waals surface area contributed by atoms with Gasteiger partial charge in [0.25, 0.3) is 11.8 Å². The van der Waals surface area contributed by atoms with Gasteiger partial charge in [0.15, 0.2) is 0 Å². The Morgan fingerprint density at radius 2 is 1.95 bits per heavy atom. The Labute approximate surface area is 115 Å². The van der Waals surface area contributed by atoms with Crippen LogP contribution in [0.25, 0.3) is 0 Å². The summed E-state index contributed by atoms with van der Waals surface area (Å²) in [5.74, 6) is -1.67. The average molecular weight is 272 g/mol. The predicted octanol–water partition coefficient (Wildman–Crippen LogP) is 0.803. The van der Waals surface area contributed by atoms with Crippen LogP contribution in [0.1, 0.15) is 12.8 Å². The molecule has 0 aromatic carbocycles. The van der Waals surface area contributed by atoms with Gasteiger partial charge in [0, 0.05) is 31.3 Å². The Morgan fingerprint density at radius 3 is 2.70 bits per heavy atom. The van der Waals surface area contributed by atoms with E-state index in [1.54, 1.807) is 18.4 Å². The second-order valence-electron chi connectivity index (χ2n) is 4.55. The summed E-state index contributed by atoms with van der Waals surface area (Å²) in [4.78, 5) is 41.6. The van der Waals surface area contributed by atoms with Gasteiger partial charge in [-0.25, -0.2) is 4.79 Å². The third-order valence-electron chi connectivity index (χ3n) is 3.19. The molecular formula is C14H12N2O4. The first-order valence-corrected chi connectivity index (χ1v) is 6.26. The third kappa shape index (κ3) is 2.16. The monoisotopic (exact) mass is 272 g/mol. The molecule has 6 nitrogen and oxygen atoms in total. The van der Waals surface area contributed by atoms with Crippen molar-refractivity contribution in [1.29, 1.82) is 0 Å². The molecule has 0 bridgehead atoms. The number of hydrogen-bond acceptors (Lipinski definition) is 5. The third-order valence-corrected chi connectivity index (χ3v) is 3.19. The Hall–Kier alpha value is -2.63. The molecule has 2 amide bonds. The zero-order valence-electron chi connectivity index (χ0n) is 10.6. The van der Waals surface area contributed by atoms with Crippen molar-refractivity contribution in [2.24, 2.45) is 0 Å². The molecule has 0 aromatic rings. The van der Waals surface area contributed by atoms with E-state index in [-0.39, 0.29) is 12.8 Å². The van der Waals surface area contributed by atoms with Crippen molar-refractivity contribution in [3.8, 4) is 0 Å². The van der Waals surface area contributed by atoms with Crippen LogP contribution >= 0.6 is 0 Å². The summed E-state index contributed by atoms with van der Waals surface area (Å²) in [6.45, 7) is 0.740. The first kappa shape index (κ1) is 12.4. The number of hydrogen-bond donors (Lipinski definition) is 0. The second kappa shape index (κ2) is 4.80. The molecule has 0 N–H and O–H groups in total. The zero-order valence-corrected chi connectivity index (χ0v) is 10.6. The minimum Gasteiger partial charge on any atom is -0.344 e. The lowest BCUT2D eigenvalue weighted by atomic mass is 10.1. The highest BCUT2D eigenvalue weighted by atomic mass is 16.7. The van der Waals surface area contributed by atoms with Gasteiger partial charge in [0.2, 0.25) is 0 Å². The Kier molecular flexibility index (Phi) is 2.98. The van der Waals surface area contributed by atoms with Gasteiger partial charge >= 0.3 is 5.97 Å². The molecule has 1 fully saturated rings. The molecule has 0 saturated carbocycles. The van der Waals surface area contributed by atoms with Crippen LogP contribution in [-0.2, 0) is 19.2 Å². The maximum absolute atomic E-state index is 12.0. The molecule has 3 heterocycles. The van der Waals surface area contributed by atoms with Crippen molar-refractivity contribution in [3.63, 3.8) is 0 Å². The summed E-state index contributed by atoms with van der Waals surface area (Å²) >= 11 is 0. The van der Waals surface area contributed by atoms with Gasteiger partial charge in [-0.3, -0.25) is 9.59 Å². The number of fused-ring (bicyclic) bond motifs is 1. The van der Waals surface area contributed by atoms with Crippen molar-refractivity contribution in [2.75, 3.05) is 6.54 Å². The fourth-order valence-corrected chi connectivity index (χ4v) is 2.12. The van der Waals surface area contributed by atoms with E-state index in [0.717, 1.165) is 12.2 Å². The maximum Gasteiger partial charge on any atom is 0.364 e. The van der Waals surface area contributed by atoms with E-state index in [0.29, 0.717) is 10.6 Å². The molecule has 3 rings (SSSR count). The van der Waals surface area contributed by atoms with E-state index in [4.69, 9.17) is 4.84 Å². The molecule has 3 aliphatic rings. The van der Waals surface area contributed by atoms with Gasteiger partial charge in [0.05, 0.1) is 5.57 Å². The number of amides is 2. The van der Waals surface area contributed by atoms with Crippen LogP contribution in [0.4, 0.5) is 0 Å². The Morgan fingerprint density at radius 1 is 1.20 bits per heavy atom. The van der Waals surface area contributed by atoms with Crippen LogP contribution in [-0.4, -0.2) is 34.3 Å². The molecule has 6 heteroatoms. The van der Waals surface area contributed by atoms with E-state index in [1.807, 2.05) is 23.1 Å². The van der Waals surface area contributed by atoms with E-state index >= 15 is 0 Å². The van der Waals surface area contributed by atoms with Gasteiger partial charge < -0.3 is 9.74 Å². The summed E-state index contributed by atoms with van der Waals surface area (Å²) in [6, 6.07) is 0. The lowest BCUT2D eigenvalue weighted by Crippen LogP contribution is -2.33. The predicted molar refractivity (Wildman–Crippen MR) is 68.3 cm³/mol. The summed E-state index contributed by atoms with van der Waals surface area (Å²) in [7, 11) is 0. The fraction of sp³-hybridized carbons (Fsp3) is 0.214. The molecular weight excluding hydrogens is 260 g/mol. The molecule has 0 aromatic heterocycles. The van der Waals surface area contributed by atoms with Crippen LogP contribution in [0.3, 0.4) is 0 Å².